The third-order valence-corrected chi connectivity index (χ3v) is 3.92. The number of hydrogen-bond acceptors (Lipinski definition) is 3. The lowest BCUT2D eigenvalue weighted by Gasteiger charge is -2.19. The number of aryl methyl sites for hydroxylation is 2. The predicted molar refractivity (Wildman–Crippen MR) is 82.0 cm³/mol. The summed E-state index contributed by atoms with van der Waals surface area (Å²) in [4.78, 5) is 3.93. The Bertz CT molecular complexity index is 612. The third kappa shape index (κ3) is 3.60. The van der Waals surface area contributed by atoms with Crippen molar-refractivity contribution in [3.63, 3.8) is 0 Å². The van der Waals surface area contributed by atoms with E-state index in [4.69, 9.17) is 11.6 Å². The van der Waals surface area contributed by atoms with Gasteiger partial charge in [-0.05, 0) is 32.0 Å². The topological polar surface area (TPSA) is 42.7 Å². The van der Waals surface area contributed by atoms with Gasteiger partial charge in [0.1, 0.15) is 5.82 Å². The molecular formula is C15H20ClFN4. The number of nitrogens with zero attached hydrogens (tertiary/aromatic N) is 3. The highest BCUT2D eigenvalue weighted by Crippen LogP contribution is 2.26. The van der Waals surface area contributed by atoms with Crippen molar-refractivity contribution >= 4 is 11.6 Å². The van der Waals surface area contributed by atoms with Gasteiger partial charge in [-0.1, -0.05) is 18.5 Å². The molecule has 6 heteroatoms. The molecule has 0 aliphatic heterocycles. The molecule has 1 N–H and O–H groups in total. The Morgan fingerprint density at radius 1 is 1.38 bits per heavy atom. The Morgan fingerprint density at radius 3 is 2.76 bits per heavy atom. The number of aromatic nitrogens is 3. The molecule has 4 nitrogen and oxygen atoms in total. The van der Waals surface area contributed by atoms with Crippen LogP contribution in [-0.2, 0) is 13.0 Å². The summed E-state index contributed by atoms with van der Waals surface area (Å²) in [6, 6.07) is 1.46. The fraction of sp³-hybridized carbons (Fsp3) is 0.467. The van der Waals surface area contributed by atoms with E-state index in [2.05, 4.69) is 15.4 Å². The summed E-state index contributed by atoms with van der Waals surface area (Å²) in [5.41, 5.74) is 2.60. The summed E-state index contributed by atoms with van der Waals surface area (Å²) < 4.78 is 15.3. The lowest BCUT2D eigenvalue weighted by molar-refractivity contribution is 0.510. The van der Waals surface area contributed by atoms with Crippen molar-refractivity contribution in [2.75, 3.05) is 6.54 Å². The Hall–Kier alpha value is -1.46. The van der Waals surface area contributed by atoms with E-state index in [1.54, 1.807) is 6.20 Å². The van der Waals surface area contributed by atoms with Gasteiger partial charge in [0.2, 0.25) is 0 Å². The molecule has 0 aliphatic carbocycles. The summed E-state index contributed by atoms with van der Waals surface area (Å²) in [5.74, 6) is -0.332. The van der Waals surface area contributed by atoms with Crippen molar-refractivity contribution in [3.8, 4) is 0 Å². The Morgan fingerprint density at radius 2 is 2.14 bits per heavy atom. The number of halogens is 2. The number of nitrogens with one attached hydrogen (secondary N) is 1. The predicted octanol–water partition coefficient (Wildman–Crippen LogP) is 3.29. The molecule has 114 valence electrons. The first kappa shape index (κ1) is 15.9. The number of rotatable bonds is 6. The van der Waals surface area contributed by atoms with Gasteiger partial charge in [0.15, 0.2) is 0 Å². The van der Waals surface area contributed by atoms with Gasteiger partial charge in [-0.25, -0.2) is 4.39 Å². The summed E-state index contributed by atoms with van der Waals surface area (Å²) in [6.07, 6.45) is 3.54. The monoisotopic (exact) mass is 310 g/mol. The maximum atomic E-state index is 13.4. The van der Waals surface area contributed by atoms with Crippen molar-refractivity contribution in [2.45, 2.75) is 39.8 Å². The van der Waals surface area contributed by atoms with Crippen molar-refractivity contribution < 1.29 is 4.39 Å². The van der Waals surface area contributed by atoms with E-state index >= 15 is 0 Å². The molecule has 0 saturated heterocycles. The van der Waals surface area contributed by atoms with Gasteiger partial charge in [-0.15, -0.1) is 0 Å². The second-order valence-corrected chi connectivity index (χ2v) is 5.29. The van der Waals surface area contributed by atoms with Crippen LogP contribution in [0.1, 0.15) is 36.8 Å². The first-order chi connectivity index (χ1) is 10.1. The molecule has 2 aromatic rings. The minimum absolute atomic E-state index is 0.0444. The van der Waals surface area contributed by atoms with Gasteiger partial charge in [-0.2, -0.15) is 5.10 Å². The lowest BCUT2D eigenvalue weighted by Crippen LogP contribution is -2.24. The van der Waals surface area contributed by atoms with Crippen LogP contribution in [0.15, 0.2) is 18.5 Å². The van der Waals surface area contributed by atoms with Crippen molar-refractivity contribution in [2.24, 2.45) is 0 Å². The lowest BCUT2D eigenvalue weighted by atomic mass is 10.0. The Balaban J connectivity index is 2.32. The van der Waals surface area contributed by atoms with Crippen LogP contribution in [0.5, 0.6) is 0 Å². The average Bonchev–Trinajstić information content (AvgIpc) is 2.74. The molecule has 2 aromatic heterocycles. The fourth-order valence-corrected chi connectivity index (χ4v) is 2.64. The maximum absolute atomic E-state index is 13.4. The molecule has 0 aromatic carbocycles. The first-order valence-corrected chi connectivity index (χ1v) is 7.50. The zero-order chi connectivity index (χ0) is 15.4. The van der Waals surface area contributed by atoms with Crippen LogP contribution in [0, 0.1) is 12.7 Å². The highest BCUT2D eigenvalue weighted by Gasteiger charge is 2.19. The highest BCUT2D eigenvalue weighted by atomic mass is 35.5. The van der Waals surface area contributed by atoms with Gasteiger partial charge in [0.25, 0.3) is 0 Å². The fourth-order valence-electron chi connectivity index (χ4n) is 2.43. The van der Waals surface area contributed by atoms with E-state index in [1.165, 1.54) is 12.3 Å². The molecule has 1 unspecified atom stereocenters. The molecule has 0 bridgehead atoms. The Labute approximate surface area is 129 Å². The molecule has 2 rings (SSSR count). The number of hydrogen-bond donors (Lipinski definition) is 1. The van der Waals surface area contributed by atoms with Gasteiger partial charge in [0, 0.05) is 25.2 Å². The van der Waals surface area contributed by atoms with Gasteiger partial charge < -0.3 is 5.32 Å². The van der Waals surface area contributed by atoms with Gasteiger partial charge in [-0.3, -0.25) is 9.67 Å². The minimum atomic E-state index is -0.332. The van der Waals surface area contributed by atoms with Crippen molar-refractivity contribution in [1.29, 1.82) is 0 Å². The van der Waals surface area contributed by atoms with Crippen molar-refractivity contribution in [1.82, 2.24) is 20.1 Å². The molecule has 0 fully saturated rings. The van der Waals surface area contributed by atoms with Gasteiger partial charge in [0.05, 0.1) is 22.6 Å². The SMILES string of the molecule is CCNC(Cc1c(Cl)c(C)nn1CC)c1cncc(F)c1. The van der Waals surface area contributed by atoms with Crippen LogP contribution in [0.4, 0.5) is 4.39 Å². The molecule has 0 radical (unpaired) electrons. The summed E-state index contributed by atoms with van der Waals surface area (Å²) in [7, 11) is 0. The summed E-state index contributed by atoms with van der Waals surface area (Å²) >= 11 is 6.35. The van der Waals surface area contributed by atoms with Crippen LogP contribution in [-0.4, -0.2) is 21.3 Å². The van der Waals surface area contributed by atoms with E-state index in [9.17, 15) is 4.39 Å². The van der Waals surface area contributed by atoms with Crippen LogP contribution in [0.2, 0.25) is 5.02 Å². The second-order valence-electron chi connectivity index (χ2n) is 4.91. The van der Waals surface area contributed by atoms with E-state index < -0.39 is 0 Å². The molecule has 0 spiro atoms. The molecule has 1 atom stereocenters. The van der Waals surface area contributed by atoms with Crippen LogP contribution < -0.4 is 5.32 Å². The molecular weight excluding hydrogens is 291 g/mol. The molecule has 2 heterocycles. The standard InChI is InChI=1S/C15H20ClFN4/c1-4-19-13(11-6-12(17)9-18-8-11)7-14-15(16)10(3)20-21(14)5-2/h6,8-9,13,19H,4-5,7H2,1-3H3. The molecule has 21 heavy (non-hydrogen) atoms. The maximum Gasteiger partial charge on any atom is 0.141 e. The summed E-state index contributed by atoms with van der Waals surface area (Å²) in [6.45, 7) is 7.47. The quantitative estimate of drug-likeness (QED) is 0.890. The van der Waals surface area contributed by atoms with Gasteiger partial charge >= 0.3 is 0 Å². The number of pyridine rings is 1. The van der Waals surface area contributed by atoms with E-state index in [0.29, 0.717) is 11.4 Å². The average molecular weight is 311 g/mol. The van der Waals surface area contributed by atoms with E-state index in [0.717, 1.165) is 30.0 Å². The van der Waals surface area contributed by atoms with Crippen LogP contribution in [0.25, 0.3) is 0 Å². The van der Waals surface area contributed by atoms with Crippen LogP contribution in [0.3, 0.4) is 0 Å². The highest BCUT2D eigenvalue weighted by molar-refractivity contribution is 6.31. The van der Waals surface area contributed by atoms with E-state index in [-0.39, 0.29) is 11.9 Å². The third-order valence-electron chi connectivity index (χ3n) is 3.43. The van der Waals surface area contributed by atoms with E-state index in [1.807, 2.05) is 25.5 Å². The smallest absolute Gasteiger partial charge is 0.141 e. The molecule has 0 saturated carbocycles. The minimum Gasteiger partial charge on any atom is -0.310 e. The molecule has 0 aliphatic rings. The zero-order valence-electron chi connectivity index (χ0n) is 12.5. The zero-order valence-corrected chi connectivity index (χ0v) is 13.3. The largest absolute Gasteiger partial charge is 0.310 e. The molecule has 0 amide bonds. The van der Waals surface area contributed by atoms with Crippen molar-refractivity contribution in [3.05, 3.63) is 46.3 Å². The Kier molecular flexibility index (Phi) is 5.31. The number of likely N-dealkylation sites (N-methyl/N-ethyl adjacent to an activating group) is 1. The second kappa shape index (κ2) is 7.00. The normalized spacial score (nSPS) is 12.6. The first-order valence-electron chi connectivity index (χ1n) is 7.12. The van der Waals surface area contributed by atoms with Crippen LogP contribution >= 0.6 is 11.6 Å². The summed E-state index contributed by atoms with van der Waals surface area (Å²) in [5, 5.41) is 8.46.